The molecular formula is C18H22FN. The SMILES string of the molecule is C=Cc1c(C)[nH]c(/C=C(\C)C2=CC(F)=CCC2C)c1C. The Morgan fingerprint density at radius 3 is 2.75 bits per heavy atom. The number of aromatic nitrogens is 1. The molecule has 0 spiro atoms. The van der Waals surface area contributed by atoms with Crippen molar-refractivity contribution in [3.63, 3.8) is 0 Å². The Hall–Kier alpha value is -1.83. The van der Waals surface area contributed by atoms with Crippen LogP contribution in [0.4, 0.5) is 4.39 Å². The number of nitrogens with one attached hydrogen (secondary N) is 1. The number of rotatable bonds is 3. The first-order chi connectivity index (χ1) is 9.43. The molecule has 0 radical (unpaired) electrons. The van der Waals surface area contributed by atoms with Crippen LogP contribution in [0.15, 0.2) is 35.7 Å². The second kappa shape index (κ2) is 5.66. The largest absolute Gasteiger partial charge is 0.358 e. The van der Waals surface area contributed by atoms with Crippen LogP contribution in [0.1, 0.15) is 42.8 Å². The van der Waals surface area contributed by atoms with Gasteiger partial charge in [-0.05, 0) is 73.6 Å². The van der Waals surface area contributed by atoms with Gasteiger partial charge in [0.1, 0.15) is 5.83 Å². The Kier molecular flexibility index (Phi) is 4.12. The molecule has 20 heavy (non-hydrogen) atoms. The fraction of sp³-hybridized carbons (Fsp3) is 0.333. The molecule has 1 aliphatic carbocycles. The zero-order valence-electron chi connectivity index (χ0n) is 12.7. The van der Waals surface area contributed by atoms with Gasteiger partial charge in [-0.1, -0.05) is 19.6 Å². The number of halogens is 1. The zero-order chi connectivity index (χ0) is 14.9. The van der Waals surface area contributed by atoms with E-state index in [0.717, 1.165) is 34.5 Å². The maximum Gasteiger partial charge on any atom is 0.119 e. The molecule has 1 heterocycles. The second-order valence-corrected chi connectivity index (χ2v) is 5.56. The topological polar surface area (TPSA) is 15.8 Å². The summed E-state index contributed by atoms with van der Waals surface area (Å²) in [6.45, 7) is 12.2. The number of hydrogen-bond donors (Lipinski definition) is 1. The predicted molar refractivity (Wildman–Crippen MR) is 85.1 cm³/mol. The van der Waals surface area contributed by atoms with Crippen LogP contribution in [0.5, 0.6) is 0 Å². The molecule has 0 saturated heterocycles. The maximum absolute atomic E-state index is 13.4. The quantitative estimate of drug-likeness (QED) is 0.747. The summed E-state index contributed by atoms with van der Waals surface area (Å²) in [5.41, 5.74) is 6.74. The molecule has 0 saturated carbocycles. The summed E-state index contributed by atoms with van der Waals surface area (Å²) in [5, 5.41) is 0. The van der Waals surface area contributed by atoms with E-state index < -0.39 is 0 Å². The highest BCUT2D eigenvalue weighted by molar-refractivity contribution is 5.66. The number of aryl methyl sites for hydroxylation is 1. The molecule has 106 valence electrons. The zero-order valence-corrected chi connectivity index (χ0v) is 12.7. The monoisotopic (exact) mass is 271 g/mol. The Morgan fingerprint density at radius 2 is 2.15 bits per heavy atom. The molecule has 1 aliphatic rings. The minimum absolute atomic E-state index is 0.128. The fourth-order valence-corrected chi connectivity index (χ4v) is 2.81. The molecule has 2 rings (SSSR count). The van der Waals surface area contributed by atoms with Gasteiger partial charge < -0.3 is 4.98 Å². The van der Waals surface area contributed by atoms with E-state index in [1.54, 1.807) is 12.2 Å². The van der Waals surface area contributed by atoms with Crippen molar-refractivity contribution in [2.24, 2.45) is 5.92 Å². The van der Waals surface area contributed by atoms with Gasteiger partial charge in [0, 0.05) is 11.4 Å². The molecule has 0 aromatic carbocycles. The molecule has 0 bridgehead atoms. The number of aromatic amines is 1. The molecule has 1 N–H and O–H groups in total. The molecule has 0 amide bonds. The Balaban J connectivity index is 2.40. The molecule has 1 atom stereocenters. The van der Waals surface area contributed by atoms with Crippen LogP contribution in [-0.2, 0) is 0 Å². The van der Waals surface area contributed by atoms with Crippen LogP contribution in [0.3, 0.4) is 0 Å². The highest BCUT2D eigenvalue weighted by Gasteiger charge is 2.16. The van der Waals surface area contributed by atoms with Crippen molar-refractivity contribution in [1.29, 1.82) is 0 Å². The minimum Gasteiger partial charge on any atom is -0.358 e. The van der Waals surface area contributed by atoms with Gasteiger partial charge in [0.2, 0.25) is 0 Å². The normalized spacial score (nSPS) is 19.6. The third kappa shape index (κ3) is 2.69. The molecule has 1 aromatic rings. The Labute approximate surface area is 120 Å². The van der Waals surface area contributed by atoms with E-state index in [4.69, 9.17) is 0 Å². The van der Waals surface area contributed by atoms with E-state index in [-0.39, 0.29) is 5.83 Å². The average Bonchev–Trinajstić information content (AvgIpc) is 2.66. The molecule has 1 aromatic heterocycles. The molecule has 1 nitrogen and oxygen atoms in total. The van der Waals surface area contributed by atoms with E-state index in [0.29, 0.717) is 5.92 Å². The van der Waals surface area contributed by atoms with E-state index in [9.17, 15) is 4.39 Å². The van der Waals surface area contributed by atoms with Gasteiger partial charge in [0.05, 0.1) is 0 Å². The second-order valence-electron chi connectivity index (χ2n) is 5.56. The van der Waals surface area contributed by atoms with Gasteiger partial charge >= 0.3 is 0 Å². The van der Waals surface area contributed by atoms with Gasteiger partial charge in [-0.15, -0.1) is 0 Å². The van der Waals surface area contributed by atoms with E-state index in [2.05, 4.69) is 31.5 Å². The summed E-state index contributed by atoms with van der Waals surface area (Å²) in [7, 11) is 0. The first-order valence-electron chi connectivity index (χ1n) is 7.01. The maximum atomic E-state index is 13.4. The summed E-state index contributed by atoms with van der Waals surface area (Å²) in [6.07, 6.45) is 8.05. The van der Waals surface area contributed by atoms with Crippen molar-refractivity contribution < 1.29 is 4.39 Å². The van der Waals surface area contributed by atoms with Gasteiger partial charge in [-0.3, -0.25) is 0 Å². The van der Waals surface area contributed by atoms with Crippen LogP contribution in [0.2, 0.25) is 0 Å². The summed E-state index contributed by atoms with van der Waals surface area (Å²) in [5.74, 6) is 0.234. The Morgan fingerprint density at radius 1 is 1.45 bits per heavy atom. The third-order valence-electron chi connectivity index (χ3n) is 4.05. The molecule has 1 unspecified atom stereocenters. The van der Waals surface area contributed by atoms with Crippen molar-refractivity contribution in [3.05, 3.63) is 58.2 Å². The standard InChI is InChI=1S/C18H22FN/c1-6-16-13(4)18(20-14(16)5)9-12(3)17-10-15(19)8-7-11(17)2/h6,8-11,20H,1,7H2,2-5H3/b12-9+. The number of allylic oxidation sites excluding steroid dienone is 5. The van der Waals surface area contributed by atoms with Crippen molar-refractivity contribution in [1.82, 2.24) is 4.98 Å². The first-order valence-corrected chi connectivity index (χ1v) is 7.01. The summed E-state index contributed by atoms with van der Waals surface area (Å²) >= 11 is 0. The predicted octanol–water partition coefficient (Wildman–Crippen LogP) is 5.50. The van der Waals surface area contributed by atoms with Crippen molar-refractivity contribution in [2.75, 3.05) is 0 Å². The average molecular weight is 271 g/mol. The van der Waals surface area contributed by atoms with E-state index in [1.165, 1.54) is 5.56 Å². The number of H-pyrrole nitrogens is 1. The third-order valence-corrected chi connectivity index (χ3v) is 4.05. The van der Waals surface area contributed by atoms with Crippen LogP contribution in [0.25, 0.3) is 12.2 Å². The van der Waals surface area contributed by atoms with E-state index in [1.807, 2.05) is 19.9 Å². The first kappa shape index (κ1) is 14.6. The molecular weight excluding hydrogens is 249 g/mol. The summed E-state index contributed by atoms with van der Waals surface area (Å²) in [4.78, 5) is 3.38. The highest BCUT2D eigenvalue weighted by atomic mass is 19.1. The van der Waals surface area contributed by atoms with Crippen LogP contribution >= 0.6 is 0 Å². The summed E-state index contributed by atoms with van der Waals surface area (Å²) < 4.78 is 13.4. The van der Waals surface area contributed by atoms with Crippen molar-refractivity contribution in [2.45, 2.75) is 34.1 Å². The van der Waals surface area contributed by atoms with Gasteiger partial charge in [-0.25, -0.2) is 4.39 Å². The lowest BCUT2D eigenvalue weighted by Crippen LogP contribution is -2.04. The lowest BCUT2D eigenvalue weighted by molar-refractivity contribution is 0.609. The van der Waals surface area contributed by atoms with Crippen LogP contribution < -0.4 is 0 Å². The molecule has 2 heteroatoms. The number of hydrogen-bond acceptors (Lipinski definition) is 0. The van der Waals surface area contributed by atoms with Gasteiger partial charge in [0.15, 0.2) is 0 Å². The molecule has 0 aliphatic heterocycles. The minimum atomic E-state index is -0.128. The van der Waals surface area contributed by atoms with Crippen molar-refractivity contribution in [3.8, 4) is 0 Å². The van der Waals surface area contributed by atoms with Crippen LogP contribution in [-0.4, -0.2) is 4.98 Å². The summed E-state index contributed by atoms with van der Waals surface area (Å²) in [6, 6.07) is 0. The lowest BCUT2D eigenvalue weighted by Gasteiger charge is -2.18. The molecule has 0 fully saturated rings. The van der Waals surface area contributed by atoms with Gasteiger partial charge in [-0.2, -0.15) is 0 Å². The van der Waals surface area contributed by atoms with Crippen molar-refractivity contribution >= 4 is 12.2 Å². The van der Waals surface area contributed by atoms with Gasteiger partial charge in [0.25, 0.3) is 0 Å². The Bertz CT molecular complexity index is 626. The smallest absolute Gasteiger partial charge is 0.119 e. The lowest BCUT2D eigenvalue weighted by atomic mass is 9.87. The fourth-order valence-electron chi connectivity index (χ4n) is 2.81. The van der Waals surface area contributed by atoms with E-state index >= 15 is 0 Å². The van der Waals surface area contributed by atoms with Crippen LogP contribution in [0, 0.1) is 19.8 Å². The highest BCUT2D eigenvalue weighted by Crippen LogP contribution is 2.31.